The van der Waals surface area contributed by atoms with E-state index in [9.17, 15) is 13.2 Å². The number of amides is 1. The number of nitrogens with two attached hydrogens (primary N) is 1. The molecular formula is C11H13Cl2N3O3S. The van der Waals surface area contributed by atoms with Gasteiger partial charge in [0.15, 0.2) is 0 Å². The molecular weight excluding hydrogens is 325 g/mol. The zero-order chi connectivity index (χ0) is 15.1. The summed E-state index contributed by atoms with van der Waals surface area (Å²) in [5, 5.41) is 0.0623. The third-order valence-corrected chi connectivity index (χ3v) is 5.87. The van der Waals surface area contributed by atoms with Crippen LogP contribution in [0.4, 0.5) is 5.69 Å². The average molecular weight is 338 g/mol. The van der Waals surface area contributed by atoms with Crippen LogP contribution in [0.2, 0.25) is 10.0 Å². The van der Waals surface area contributed by atoms with Crippen LogP contribution in [-0.4, -0.2) is 50.2 Å². The van der Waals surface area contributed by atoms with Crippen molar-refractivity contribution < 1.29 is 13.2 Å². The van der Waals surface area contributed by atoms with E-state index < -0.39 is 10.0 Å². The molecule has 20 heavy (non-hydrogen) atoms. The lowest BCUT2D eigenvalue weighted by Crippen LogP contribution is -2.50. The van der Waals surface area contributed by atoms with E-state index >= 15 is 0 Å². The van der Waals surface area contributed by atoms with Crippen molar-refractivity contribution >= 4 is 44.8 Å². The third kappa shape index (κ3) is 2.58. The average Bonchev–Trinajstić information content (AvgIpc) is 2.38. The van der Waals surface area contributed by atoms with Crippen LogP contribution in [-0.2, 0) is 14.8 Å². The smallest absolute Gasteiger partial charge is 0.245 e. The number of hydrogen-bond donors (Lipinski definition) is 1. The summed E-state index contributed by atoms with van der Waals surface area (Å²) >= 11 is 11.7. The molecule has 110 valence electrons. The van der Waals surface area contributed by atoms with Crippen molar-refractivity contribution in [2.24, 2.45) is 0 Å². The number of hydrogen-bond acceptors (Lipinski definition) is 4. The normalized spacial score (nSPS) is 17.6. The van der Waals surface area contributed by atoms with Crippen LogP contribution in [0.3, 0.4) is 0 Å². The number of sulfonamides is 1. The summed E-state index contributed by atoms with van der Waals surface area (Å²) in [6.07, 6.45) is 0. The van der Waals surface area contributed by atoms with E-state index in [1.165, 1.54) is 17.0 Å². The van der Waals surface area contributed by atoms with E-state index in [4.69, 9.17) is 28.9 Å². The quantitative estimate of drug-likeness (QED) is 0.817. The van der Waals surface area contributed by atoms with Crippen molar-refractivity contribution in [3.63, 3.8) is 0 Å². The van der Waals surface area contributed by atoms with E-state index in [-0.39, 0.29) is 39.6 Å². The van der Waals surface area contributed by atoms with Gasteiger partial charge in [0.05, 0.1) is 22.3 Å². The summed E-state index contributed by atoms with van der Waals surface area (Å²) in [6, 6.07) is 2.66. The second kappa shape index (κ2) is 5.40. The number of carbonyl (C=O) groups is 1. The molecule has 2 N–H and O–H groups in total. The molecule has 0 aromatic heterocycles. The zero-order valence-electron chi connectivity index (χ0n) is 10.6. The Morgan fingerprint density at radius 2 is 1.90 bits per heavy atom. The van der Waals surface area contributed by atoms with E-state index in [2.05, 4.69) is 0 Å². The van der Waals surface area contributed by atoms with Crippen molar-refractivity contribution in [1.82, 2.24) is 9.21 Å². The fourth-order valence-corrected chi connectivity index (χ4v) is 3.95. The van der Waals surface area contributed by atoms with Crippen molar-refractivity contribution in [1.29, 1.82) is 0 Å². The number of rotatable bonds is 2. The van der Waals surface area contributed by atoms with Gasteiger partial charge in [-0.05, 0) is 12.1 Å². The van der Waals surface area contributed by atoms with Crippen LogP contribution >= 0.6 is 23.2 Å². The number of nitrogens with zero attached hydrogens (tertiary/aromatic N) is 2. The summed E-state index contributed by atoms with van der Waals surface area (Å²) in [6.45, 7) is 0.333. The van der Waals surface area contributed by atoms with E-state index in [0.29, 0.717) is 6.54 Å². The Morgan fingerprint density at radius 1 is 1.25 bits per heavy atom. The Bertz CT molecular complexity index is 663. The fourth-order valence-electron chi connectivity index (χ4n) is 1.83. The summed E-state index contributed by atoms with van der Waals surface area (Å²) in [4.78, 5) is 13.0. The highest BCUT2D eigenvalue weighted by Gasteiger charge is 2.33. The number of carbonyl (C=O) groups excluding carboxylic acids is 1. The molecule has 0 bridgehead atoms. The molecule has 0 radical (unpaired) electrons. The maximum absolute atomic E-state index is 12.5. The number of anilines is 1. The fraction of sp³-hybridized carbons (Fsp3) is 0.364. The molecule has 9 heteroatoms. The number of nitrogen functional groups attached to an aromatic ring is 1. The second-order valence-corrected chi connectivity index (χ2v) is 7.12. The highest BCUT2D eigenvalue weighted by atomic mass is 35.5. The molecule has 0 unspecified atom stereocenters. The van der Waals surface area contributed by atoms with Gasteiger partial charge >= 0.3 is 0 Å². The first kappa shape index (κ1) is 15.4. The van der Waals surface area contributed by atoms with Crippen LogP contribution < -0.4 is 5.73 Å². The lowest BCUT2D eigenvalue weighted by Gasteiger charge is -2.31. The Labute approximate surface area is 127 Å². The summed E-state index contributed by atoms with van der Waals surface area (Å²) < 4.78 is 26.1. The van der Waals surface area contributed by atoms with Gasteiger partial charge in [0.25, 0.3) is 0 Å². The van der Waals surface area contributed by atoms with E-state index in [1.807, 2.05) is 0 Å². The monoisotopic (exact) mass is 337 g/mol. The molecule has 1 amide bonds. The second-order valence-electron chi connectivity index (χ2n) is 4.43. The molecule has 1 heterocycles. The maximum atomic E-state index is 12.5. The van der Waals surface area contributed by atoms with Crippen LogP contribution in [0.25, 0.3) is 0 Å². The van der Waals surface area contributed by atoms with E-state index in [1.54, 1.807) is 7.05 Å². The van der Waals surface area contributed by atoms with Crippen molar-refractivity contribution in [3.8, 4) is 0 Å². The number of likely N-dealkylation sites (N-methyl/N-ethyl adjacent to an activating group) is 1. The maximum Gasteiger partial charge on any atom is 0.245 e. The number of piperazine rings is 1. The predicted molar refractivity (Wildman–Crippen MR) is 77.3 cm³/mol. The van der Waals surface area contributed by atoms with Gasteiger partial charge < -0.3 is 10.6 Å². The van der Waals surface area contributed by atoms with Gasteiger partial charge in [-0.2, -0.15) is 4.31 Å². The molecule has 6 nitrogen and oxygen atoms in total. The number of benzene rings is 1. The van der Waals surface area contributed by atoms with Gasteiger partial charge in [-0.1, -0.05) is 23.2 Å². The molecule has 1 aromatic rings. The molecule has 0 atom stereocenters. The van der Waals surface area contributed by atoms with Crippen LogP contribution in [0.15, 0.2) is 17.0 Å². The van der Waals surface area contributed by atoms with E-state index in [0.717, 1.165) is 4.31 Å². The van der Waals surface area contributed by atoms with Crippen molar-refractivity contribution in [2.45, 2.75) is 4.90 Å². The minimum absolute atomic E-state index is 0.00913. The van der Waals surface area contributed by atoms with Crippen LogP contribution in [0, 0.1) is 0 Å². The molecule has 1 aromatic carbocycles. The Morgan fingerprint density at radius 3 is 2.50 bits per heavy atom. The first-order valence-electron chi connectivity index (χ1n) is 5.72. The van der Waals surface area contributed by atoms with Gasteiger partial charge in [0.1, 0.15) is 4.90 Å². The third-order valence-electron chi connectivity index (χ3n) is 3.13. The lowest BCUT2D eigenvalue weighted by atomic mass is 10.3. The molecule has 2 rings (SSSR count). The Kier molecular flexibility index (Phi) is 4.15. The van der Waals surface area contributed by atoms with Gasteiger partial charge in [-0.15, -0.1) is 0 Å². The van der Waals surface area contributed by atoms with Crippen LogP contribution in [0.5, 0.6) is 0 Å². The topological polar surface area (TPSA) is 83.7 Å². The van der Waals surface area contributed by atoms with Gasteiger partial charge in [0, 0.05) is 20.1 Å². The minimum Gasteiger partial charge on any atom is -0.396 e. The summed E-state index contributed by atoms with van der Waals surface area (Å²) in [7, 11) is -2.25. The molecule has 0 aliphatic carbocycles. The first-order valence-corrected chi connectivity index (χ1v) is 7.92. The lowest BCUT2D eigenvalue weighted by molar-refractivity contribution is -0.132. The zero-order valence-corrected chi connectivity index (χ0v) is 13.0. The molecule has 0 saturated carbocycles. The molecule has 1 aliphatic heterocycles. The van der Waals surface area contributed by atoms with Gasteiger partial charge in [-0.25, -0.2) is 8.42 Å². The molecule has 0 spiro atoms. The summed E-state index contributed by atoms with van der Waals surface area (Å²) in [5.74, 6) is -0.266. The SMILES string of the molecule is CN1CCN(S(=O)(=O)c2ccc(Cl)c(N)c2Cl)CC1=O. The van der Waals surface area contributed by atoms with Crippen molar-refractivity contribution in [2.75, 3.05) is 32.4 Å². The first-order chi connectivity index (χ1) is 9.25. The minimum atomic E-state index is -3.87. The standard InChI is InChI=1S/C11H13Cl2N3O3S/c1-15-4-5-16(6-9(15)17)20(18,19)8-3-2-7(12)11(14)10(8)13/h2-3H,4-6,14H2,1H3. The van der Waals surface area contributed by atoms with Gasteiger partial charge in [-0.3, -0.25) is 4.79 Å². The summed E-state index contributed by atoms with van der Waals surface area (Å²) in [5.41, 5.74) is 5.65. The highest BCUT2D eigenvalue weighted by Crippen LogP contribution is 2.34. The molecule has 1 saturated heterocycles. The number of halogens is 2. The Balaban J connectivity index is 2.41. The van der Waals surface area contributed by atoms with Crippen molar-refractivity contribution in [3.05, 3.63) is 22.2 Å². The highest BCUT2D eigenvalue weighted by molar-refractivity contribution is 7.89. The largest absolute Gasteiger partial charge is 0.396 e. The molecule has 1 aliphatic rings. The predicted octanol–water partition coefficient (Wildman–Crippen LogP) is 1.04. The molecule has 1 fully saturated rings. The van der Waals surface area contributed by atoms with Crippen LogP contribution in [0.1, 0.15) is 0 Å². The van der Waals surface area contributed by atoms with Gasteiger partial charge in [0.2, 0.25) is 15.9 Å². The Hall–Kier alpha value is -1.02.